The van der Waals surface area contributed by atoms with Crippen molar-refractivity contribution in [2.75, 3.05) is 24.4 Å². The van der Waals surface area contributed by atoms with Gasteiger partial charge in [0.2, 0.25) is 11.8 Å². The lowest BCUT2D eigenvalue weighted by molar-refractivity contribution is -0.125. The second kappa shape index (κ2) is 7.07. The summed E-state index contributed by atoms with van der Waals surface area (Å²) in [7, 11) is 1.60. The van der Waals surface area contributed by atoms with Crippen LogP contribution in [0.25, 0.3) is 0 Å². The van der Waals surface area contributed by atoms with Gasteiger partial charge in [-0.15, -0.1) is 0 Å². The van der Waals surface area contributed by atoms with E-state index in [-0.39, 0.29) is 18.2 Å². The van der Waals surface area contributed by atoms with Gasteiger partial charge in [0.15, 0.2) is 0 Å². The topological polar surface area (TPSA) is 76.7 Å². The summed E-state index contributed by atoms with van der Waals surface area (Å²) in [5.74, 6) is 1.09. The third kappa shape index (κ3) is 3.96. The molecule has 0 unspecified atom stereocenters. The highest BCUT2D eigenvalue weighted by molar-refractivity contribution is 5.98. The molecule has 0 bridgehead atoms. The minimum atomic E-state index is -0.614. The van der Waals surface area contributed by atoms with Gasteiger partial charge in [-0.2, -0.15) is 0 Å². The first kappa shape index (κ1) is 17.8. The third-order valence-corrected chi connectivity index (χ3v) is 4.24. The molecule has 6 nitrogen and oxygen atoms in total. The van der Waals surface area contributed by atoms with Crippen LogP contribution in [0.1, 0.15) is 19.4 Å². The molecule has 0 aromatic heterocycles. The zero-order valence-electron chi connectivity index (χ0n) is 15.1. The van der Waals surface area contributed by atoms with Crippen LogP contribution in [-0.2, 0) is 16.0 Å². The molecule has 3 rings (SSSR count). The van der Waals surface area contributed by atoms with E-state index < -0.39 is 5.41 Å². The van der Waals surface area contributed by atoms with E-state index in [4.69, 9.17) is 9.47 Å². The molecular weight excluding hydrogens is 332 g/mol. The van der Waals surface area contributed by atoms with Crippen molar-refractivity contribution in [1.82, 2.24) is 0 Å². The van der Waals surface area contributed by atoms with Gasteiger partial charge in [-0.05, 0) is 49.7 Å². The molecule has 2 amide bonds. The van der Waals surface area contributed by atoms with E-state index >= 15 is 0 Å². The number of fused-ring (bicyclic) bond motifs is 1. The standard InChI is InChI=1S/C20H22N2O4/c1-20(2)12-26-17-9-6-14(11-16(17)22-19(20)24)21-18(23)10-13-4-7-15(25-3)8-5-13/h4-9,11H,10,12H2,1-3H3,(H,21,23)(H,22,24). The highest BCUT2D eigenvalue weighted by Gasteiger charge is 2.32. The molecule has 0 saturated carbocycles. The summed E-state index contributed by atoms with van der Waals surface area (Å²) in [5, 5.41) is 5.71. The Labute approximate surface area is 152 Å². The third-order valence-electron chi connectivity index (χ3n) is 4.24. The number of hydrogen-bond acceptors (Lipinski definition) is 4. The highest BCUT2D eigenvalue weighted by atomic mass is 16.5. The molecule has 0 spiro atoms. The van der Waals surface area contributed by atoms with Crippen LogP contribution < -0.4 is 20.1 Å². The smallest absolute Gasteiger partial charge is 0.233 e. The van der Waals surface area contributed by atoms with E-state index in [0.29, 0.717) is 23.7 Å². The first-order valence-electron chi connectivity index (χ1n) is 8.38. The number of nitrogens with one attached hydrogen (secondary N) is 2. The molecule has 6 heteroatoms. The molecule has 136 valence electrons. The molecule has 2 aromatic carbocycles. The van der Waals surface area contributed by atoms with Gasteiger partial charge in [0, 0.05) is 5.69 Å². The number of rotatable bonds is 4. The van der Waals surface area contributed by atoms with Gasteiger partial charge in [0.1, 0.15) is 18.1 Å². The normalized spacial score (nSPS) is 15.1. The van der Waals surface area contributed by atoms with Crippen LogP contribution in [0.4, 0.5) is 11.4 Å². The molecule has 0 atom stereocenters. The lowest BCUT2D eigenvalue weighted by atomic mass is 9.94. The fourth-order valence-electron chi connectivity index (χ4n) is 2.58. The van der Waals surface area contributed by atoms with Gasteiger partial charge in [-0.25, -0.2) is 0 Å². The Kier molecular flexibility index (Phi) is 4.84. The SMILES string of the molecule is COc1ccc(CC(=O)Nc2ccc3c(c2)NC(=O)C(C)(C)CO3)cc1. The number of ether oxygens (including phenoxy) is 2. The molecule has 1 aliphatic heterocycles. The number of amides is 2. The molecule has 1 heterocycles. The minimum Gasteiger partial charge on any atom is -0.497 e. The van der Waals surface area contributed by atoms with Crippen LogP contribution in [0.3, 0.4) is 0 Å². The minimum absolute atomic E-state index is 0.113. The van der Waals surface area contributed by atoms with Crippen molar-refractivity contribution < 1.29 is 19.1 Å². The van der Waals surface area contributed by atoms with Crippen LogP contribution in [0.2, 0.25) is 0 Å². The van der Waals surface area contributed by atoms with E-state index in [1.54, 1.807) is 25.3 Å². The number of carbonyl (C=O) groups is 2. The summed E-state index contributed by atoms with van der Waals surface area (Å²) < 4.78 is 10.8. The average molecular weight is 354 g/mol. The quantitative estimate of drug-likeness (QED) is 0.884. The molecule has 0 aliphatic carbocycles. The van der Waals surface area contributed by atoms with Crippen LogP contribution in [-0.4, -0.2) is 25.5 Å². The number of benzene rings is 2. The first-order valence-corrected chi connectivity index (χ1v) is 8.38. The molecular formula is C20H22N2O4. The van der Waals surface area contributed by atoms with E-state index in [1.165, 1.54) is 0 Å². The zero-order valence-corrected chi connectivity index (χ0v) is 15.1. The van der Waals surface area contributed by atoms with Gasteiger partial charge in [0.05, 0.1) is 24.6 Å². The van der Waals surface area contributed by atoms with Crippen LogP contribution in [0.5, 0.6) is 11.5 Å². The molecule has 0 radical (unpaired) electrons. The van der Waals surface area contributed by atoms with Crippen molar-refractivity contribution in [1.29, 1.82) is 0 Å². The van der Waals surface area contributed by atoms with Gasteiger partial charge >= 0.3 is 0 Å². The maximum absolute atomic E-state index is 12.3. The predicted molar refractivity (Wildman–Crippen MR) is 99.7 cm³/mol. The zero-order chi connectivity index (χ0) is 18.7. The fourth-order valence-corrected chi connectivity index (χ4v) is 2.58. The highest BCUT2D eigenvalue weighted by Crippen LogP contribution is 2.34. The van der Waals surface area contributed by atoms with E-state index in [2.05, 4.69) is 10.6 Å². The van der Waals surface area contributed by atoms with Crippen molar-refractivity contribution in [3.05, 3.63) is 48.0 Å². The van der Waals surface area contributed by atoms with Gasteiger partial charge < -0.3 is 20.1 Å². The Hall–Kier alpha value is -3.02. The monoisotopic (exact) mass is 354 g/mol. The summed E-state index contributed by atoms with van der Waals surface area (Å²) in [6.45, 7) is 3.95. The van der Waals surface area contributed by atoms with Crippen LogP contribution >= 0.6 is 0 Å². The summed E-state index contributed by atoms with van der Waals surface area (Å²) in [6.07, 6.45) is 0.247. The number of anilines is 2. The fraction of sp³-hybridized carbons (Fsp3) is 0.300. The largest absolute Gasteiger partial charge is 0.497 e. The summed E-state index contributed by atoms with van der Waals surface area (Å²) in [5.41, 5.74) is 1.43. The second-order valence-electron chi connectivity index (χ2n) is 6.91. The predicted octanol–water partition coefficient (Wildman–Crippen LogP) is 3.23. The second-order valence-corrected chi connectivity index (χ2v) is 6.91. The van der Waals surface area contributed by atoms with Gasteiger partial charge in [-0.1, -0.05) is 12.1 Å². The van der Waals surface area contributed by atoms with E-state index in [0.717, 1.165) is 11.3 Å². The molecule has 2 aromatic rings. The Balaban J connectivity index is 1.69. The first-order chi connectivity index (χ1) is 12.4. The molecule has 1 aliphatic rings. The number of carbonyl (C=O) groups excluding carboxylic acids is 2. The Bertz CT molecular complexity index is 828. The van der Waals surface area contributed by atoms with Crippen LogP contribution in [0, 0.1) is 5.41 Å². The Morgan fingerprint density at radius 1 is 1.23 bits per heavy atom. The molecule has 0 saturated heterocycles. The van der Waals surface area contributed by atoms with Crippen molar-refractivity contribution in [3.8, 4) is 11.5 Å². The van der Waals surface area contributed by atoms with Crippen molar-refractivity contribution >= 4 is 23.2 Å². The number of methoxy groups -OCH3 is 1. The Morgan fingerprint density at radius 3 is 2.65 bits per heavy atom. The summed E-state index contributed by atoms with van der Waals surface area (Å²) in [6, 6.07) is 12.6. The average Bonchev–Trinajstić information content (AvgIpc) is 2.72. The molecule has 2 N–H and O–H groups in total. The van der Waals surface area contributed by atoms with Crippen molar-refractivity contribution in [2.24, 2.45) is 5.41 Å². The lowest BCUT2D eigenvalue weighted by Gasteiger charge is -2.18. The van der Waals surface area contributed by atoms with Gasteiger partial charge in [0.25, 0.3) is 0 Å². The van der Waals surface area contributed by atoms with E-state index in [1.807, 2.05) is 38.1 Å². The molecule has 0 fully saturated rings. The van der Waals surface area contributed by atoms with Crippen molar-refractivity contribution in [2.45, 2.75) is 20.3 Å². The maximum Gasteiger partial charge on any atom is 0.233 e. The summed E-state index contributed by atoms with van der Waals surface area (Å²) in [4.78, 5) is 24.5. The molecule has 26 heavy (non-hydrogen) atoms. The summed E-state index contributed by atoms with van der Waals surface area (Å²) >= 11 is 0. The van der Waals surface area contributed by atoms with Crippen molar-refractivity contribution in [3.63, 3.8) is 0 Å². The maximum atomic E-state index is 12.3. The number of hydrogen-bond donors (Lipinski definition) is 2. The Morgan fingerprint density at radius 2 is 1.96 bits per heavy atom. The van der Waals surface area contributed by atoms with E-state index in [9.17, 15) is 9.59 Å². The lowest BCUT2D eigenvalue weighted by Crippen LogP contribution is -2.33. The van der Waals surface area contributed by atoms with Gasteiger partial charge in [-0.3, -0.25) is 9.59 Å². The van der Waals surface area contributed by atoms with Crippen LogP contribution in [0.15, 0.2) is 42.5 Å².